The van der Waals surface area contributed by atoms with E-state index in [4.69, 9.17) is 0 Å². The third-order valence-corrected chi connectivity index (χ3v) is 6.02. The van der Waals surface area contributed by atoms with Crippen LogP contribution in [0.2, 0.25) is 0 Å². The zero-order valence-corrected chi connectivity index (χ0v) is 20.4. The van der Waals surface area contributed by atoms with Crippen LogP contribution < -0.4 is 0 Å². The van der Waals surface area contributed by atoms with Crippen LogP contribution in [0, 0.1) is 59.9 Å². The van der Waals surface area contributed by atoms with E-state index < -0.39 is 0 Å². The summed E-state index contributed by atoms with van der Waals surface area (Å²) in [7, 11) is 0. The molecule has 3 rings (SSSR count). The molecule has 26 heavy (non-hydrogen) atoms. The molecule has 0 aromatic heterocycles. The smallest absolute Gasteiger partial charge is 0 e. The molecule has 1 fully saturated rings. The van der Waals surface area contributed by atoms with Crippen LogP contribution in [0.3, 0.4) is 0 Å². The second kappa shape index (κ2) is 11.4. The molecule has 0 nitrogen and oxygen atoms in total. The molecule has 0 heterocycles. The van der Waals surface area contributed by atoms with Crippen molar-refractivity contribution in [2.24, 2.45) is 5.92 Å². The van der Waals surface area contributed by atoms with Gasteiger partial charge in [0, 0.05) is 32.7 Å². The normalized spacial score (nSPS) is 14.2. The maximum Gasteiger partial charge on any atom is 0 e. The number of aryl methyl sites for hydroxylation is 3. The van der Waals surface area contributed by atoms with E-state index in [0.717, 1.165) is 5.92 Å². The molecule has 0 bridgehead atoms. The topological polar surface area (TPSA) is 0 Å². The largest absolute Gasteiger partial charge is 0.328 e. The summed E-state index contributed by atoms with van der Waals surface area (Å²) >= 11 is 0. The molecule has 0 aliphatic heterocycles. The fourth-order valence-corrected chi connectivity index (χ4v) is 3.56. The molecular weight excluding hydrogens is 389 g/mol. The van der Waals surface area contributed by atoms with Gasteiger partial charge in [-0.2, -0.15) is 47.7 Å². The molecule has 1 aliphatic rings. The predicted octanol–water partition coefficient (Wildman–Crippen LogP) is 6.96. The Morgan fingerprint density at radius 3 is 2.04 bits per heavy atom. The van der Waals surface area contributed by atoms with Gasteiger partial charge in [0.2, 0.25) is 0 Å². The molecule has 0 unspecified atom stereocenters. The summed E-state index contributed by atoms with van der Waals surface area (Å²) in [5.41, 5.74) is 9.99. The predicted molar refractivity (Wildman–Crippen MR) is 110 cm³/mol. The molecule has 1 saturated carbocycles. The molecule has 0 saturated heterocycles. The van der Waals surface area contributed by atoms with Crippen molar-refractivity contribution in [1.29, 1.82) is 0 Å². The van der Waals surface area contributed by atoms with Gasteiger partial charge in [0.05, 0.1) is 0 Å². The molecule has 0 spiro atoms. The van der Waals surface area contributed by atoms with E-state index in [1.54, 1.807) is 5.56 Å². The quantitative estimate of drug-likeness (QED) is 0.458. The standard InChI is InChI=1S/C16H23.C9H11.Y/c1-12-9-10-16(14(3)13(12)2)11-15-7-5-4-6-8-15;1-7-5-4-6-8(2)9(7)3;/h4,9-10,15H,5-8,11H2,1-3H3;4-5H,1-3H3;/q2*-1;. The Kier molecular flexibility index (Phi) is 10.3. The SMILES string of the molecule is Cc1[c-]ccc(C)c1C.Cc1ccc(CC2CC[CH-]CC2)c(C)c1C.[Y]. The summed E-state index contributed by atoms with van der Waals surface area (Å²) < 4.78 is 0. The van der Waals surface area contributed by atoms with Gasteiger partial charge in [0.1, 0.15) is 0 Å². The summed E-state index contributed by atoms with van der Waals surface area (Å²) in [6.07, 6.45) is 9.19. The van der Waals surface area contributed by atoms with Gasteiger partial charge < -0.3 is 6.42 Å². The number of hydrogen-bond acceptors (Lipinski definition) is 0. The Balaban J connectivity index is 0.000000290. The Bertz CT molecular complexity index is 673. The van der Waals surface area contributed by atoms with E-state index in [1.165, 1.54) is 65.5 Å². The van der Waals surface area contributed by atoms with Gasteiger partial charge in [0.15, 0.2) is 0 Å². The first kappa shape index (κ1) is 23.6. The average molecular weight is 423 g/mol. The van der Waals surface area contributed by atoms with E-state index in [-0.39, 0.29) is 32.7 Å². The summed E-state index contributed by atoms with van der Waals surface area (Å²) in [5, 5.41) is 0. The Morgan fingerprint density at radius 1 is 0.846 bits per heavy atom. The van der Waals surface area contributed by atoms with E-state index >= 15 is 0 Å². The summed E-state index contributed by atoms with van der Waals surface area (Å²) in [6, 6.07) is 11.8. The molecule has 2 aromatic carbocycles. The minimum atomic E-state index is 0. The van der Waals surface area contributed by atoms with Crippen molar-refractivity contribution in [3.63, 3.8) is 0 Å². The van der Waals surface area contributed by atoms with Crippen LogP contribution in [0.4, 0.5) is 0 Å². The van der Waals surface area contributed by atoms with Crippen molar-refractivity contribution in [3.8, 4) is 0 Å². The van der Waals surface area contributed by atoms with Gasteiger partial charge in [-0.15, -0.1) is 0 Å². The van der Waals surface area contributed by atoms with Crippen LogP contribution in [0.15, 0.2) is 24.3 Å². The fraction of sp³-hybridized carbons (Fsp3) is 0.480. The third-order valence-electron chi connectivity index (χ3n) is 6.02. The van der Waals surface area contributed by atoms with Crippen molar-refractivity contribution < 1.29 is 32.7 Å². The second-order valence-electron chi connectivity index (χ2n) is 7.72. The molecule has 0 N–H and O–H groups in total. The molecular formula is C25H34Y-2. The molecule has 0 amide bonds. The summed E-state index contributed by atoms with van der Waals surface area (Å²) in [5.74, 6) is 0.922. The van der Waals surface area contributed by atoms with Crippen molar-refractivity contribution in [3.05, 3.63) is 75.7 Å². The van der Waals surface area contributed by atoms with Crippen LogP contribution in [0.5, 0.6) is 0 Å². The molecule has 0 atom stereocenters. The van der Waals surface area contributed by atoms with E-state index in [0.29, 0.717) is 0 Å². The maximum absolute atomic E-state index is 3.14. The Hall–Kier alpha value is -0.456. The van der Waals surface area contributed by atoms with Gasteiger partial charge in [-0.1, -0.05) is 45.7 Å². The third kappa shape index (κ3) is 6.61. The maximum atomic E-state index is 3.14. The first-order chi connectivity index (χ1) is 11.9. The number of hydrogen-bond donors (Lipinski definition) is 0. The monoisotopic (exact) mass is 423 g/mol. The van der Waals surface area contributed by atoms with E-state index in [1.807, 2.05) is 6.07 Å². The van der Waals surface area contributed by atoms with Crippen molar-refractivity contribution >= 4 is 0 Å². The Labute approximate surface area is 187 Å². The number of rotatable bonds is 2. The van der Waals surface area contributed by atoms with Crippen molar-refractivity contribution in [2.45, 2.75) is 73.6 Å². The summed E-state index contributed by atoms with van der Waals surface area (Å²) in [4.78, 5) is 0. The zero-order valence-electron chi connectivity index (χ0n) is 17.6. The van der Waals surface area contributed by atoms with Gasteiger partial charge in [-0.25, -0.2) is 0 Å². The minimum absolute atomic E-state index is 0. The van der Waals surface area contributed by atoms with Crippen molar-refractivity contribution in [1.82, 2.24) is 0 Å². The van der Waals surface area contributed by atoms with Gasteiger partial charge in [-0.3, -0.25) is 0 Å². The zero-order chi connectivity index (χ0) is 18.4. The average Bonchev–Trinajstić information content (AvgIpc) is 2.62. The molecule has 1 aliphatic carbocycles. The number of benzene rings is 2. The van der Waals surface area contributed by atoms with Gasteiger partial charge in [-0.05, 0) is 55.4 Å². The molecule has 1 heteroatoms. The first-order valence-corrected chi connectivity index (χ1v) is 9.72. The van der Waals surface area contributed by atoms with E-state index in [2.05, 4.69) is 72.2 Å². The molecule has 139 valence electrons. The van der Waals surface area contributed by atoms with Crippen LogP contribution in [-0.2, 0) is 39.1 Å². The van der Waals surface area contributed by atoms with Gasteiger partial charge in [0.25, 0.3) is 0 Å². The van der Waals surface area contributed by atoms with Crippen LogP contribution in [-0.4, -0.2) is 0 Å². The van der Waals surface area contributed by atoms with Crippen LogP contribution >= 0.6 is 0 Å². The molecule has 1 radical (unpaired) electrons. The minimum Gasteiger partial charge on any atom is -0.328 e. The van der Waals surface area contributed by atoms with Gasteiger partial charge >= 0.3 is 0 Å². The Morgan fingerprint density at radius 2 is 1.46 bits per heavy atom. The second-order valence-corrected chi connectivity index (χ2v) is 7.72. The van der Waals surface area contributed by atoms with Crippen molar-refractivity contribution in [2.75, 3.05) is 0 Å². The molecule has 2 aromatic rings. The van der Waals surface area contributed by atoms with Crippen LogP contribution in [0.1, 0.15) is 64.6 Å². The van der Waals surface area contributed by atoms with Crippen LogP contribution in [0.25, 0.3) is 0 Å². The summed E-state index contributed by atoms with van der Waals surface area (Å²) in [6.45, 7) is 13.1. The fourth-order valence-electron chi connectivity index (χ4n) is 3.56. The first-order valence-electron chi connectivity index (χ1n) is 9.72. The van der Waals surface area contributed by atoms with E-state index in [9.17, 15) is 0 Å².